The molecule has 13 nitrogen and oxygen atoms in total. The van der Waals surface area contributed by atoms with Crippen LogP contribution in [0.4, 0.5) is 0 Å². The molecule has 0 aromatic carbocycles. The van der Waals surface area contributed by atoms with Gasteiger partial charge in [0, 0.05) is 77.2 Å². The van der Waals surface area contributed by atoms with E-state index in [9.17, 15) is 9.59 Å². The van der Waals surface area contributed by atoms with E-state index in [2.05, 4.69) is 54.4 Å². The van der Waals surface area contributed by atoms with Crippen LogP contribution >= 0.6 is 58.8 Å². The Kier molecular flexibility index (Phi) is 33.7. The van der Waals surface area contributed by atoms with Gasteiger partial charge in [0.05, 0.1) is 20.3 Å². The monoisotopic (exact) mass is 894 g/mol. The standard InChI is InChI=1S/C27H52N4O9S2.I2/c1-19(30-20(18-40-39-7)10-8-12-24(34-2)35-3)21(28)14-16-41-42-17-15-22(29)26(32)31-23(27(33)38-6)11-9-13-25(36-4)37-5;1-2/h20-25,28-30H,1,8-18H2,2-7H3,(H,31,32);/q-2;. The maximum Gasteiger partial charge on any atom is 0.328 e. The average molecular weight is 895 g/mol. The summed E-state index contributed by atoms with van der Waals surface area (Å²) < 4.78 is 25.5. The second-order valence-electron chi connectivity index (χ2n) is 9.39. The Balaban J connectivity index is 0. The van der Waals surface area contributed by atoms with Crippen LogP contribution in [-0.2, 0) is 43.0 Å². The van der Waals surface area contributed by atoms with Gasteiger partial charge in [-0.25, -0.2) is 14.6 Å². The highest BCUT2D eigenvalue weighted by molar-refractivity contribution is 15.0. The third kappa shape index (κ3) is 23.6. The van der Waals surface area contributed by atoms with Crippen LogP contribution in [-0.4, -0.2) is 109 Å². The first kappa shape index (κ1) is 46.4. The van der Waals surface area contributed by atoms with Crippen LogP contribution in [0.15, 0.2) is 12.3 Å². The quantitative estimate of drug-likeness (QED) is 0.0178. The molecule has 44 heavy (non-hydrogen) atoms. The van der Waals surface area contributed by atoms with Crippen LogP contribution in [0, 0.1) is 0 Å². The molecule has 0 rings (SSSR count). The highest BCUT2D eigenvalue weighted by Crippen LogP contribution is 2.25. The number of hydrogen-bond acceptors (Lipinski definition) is 12. The van der Waals surface area contributed by atoms with E-state index in [0.717, 1.165) is 19.3 Å². The fourth-order valence-corrected chi connectivity index (χ4v) is 6.00. The van der Waals surface area contributed by atoms with Gasteiger partial charge < -0.3 is 45.8 Å². The fraction of sp³-hybridized carbons (Fsp3) is 0.852. The summed E-state index contributed by atoms with van der Waals surface area (Å²) in [5.41, 5.74) is 17.2. The SMILES string of the molecule is C=C(NC(CCCC(OC)OC)COOC)C([NH-])CCSSCCC([NH-])C(=O)NC(CCCC(OC)OC)C(=O)OC.II. The van der Waals surface area contributed by atoms with E-state index >= 15 is 0 Å². The molecule has 0 aliphatic heterocycles. The van der Waals surface area contributed by atoms with Crippen molar-refractivity contribution < 1.29 is 43.0 Å². The maximum atomic E-state index is 12.5. The third-order valence-electron chi connectivity index (χ3n) is 6.36. The van der Waals surface area contributed by atoms with Gasteiger partial charge >= 0.3 is 5.97 Å². The minimum Gasteiger partial charge on any atom is -0.670 e. The lowest BCUT2D eigenvalue weighted by Gasteiger charge is -2.28. The van der Waals surface area contributed by atoms with Crippen molar-refractivity contribution in [1.29, 1.82) is 0 Å². The number of methoxy groups -OCH3 is 5. The Bertz CT molecular complexity index is 731. The van der Waals surface area contributed by atoms with Crippen LogP contribution in [0.1, 0.15) is 51.4 Å². The molecule has 0 bridgehead atoms. The number of nitrogens with one attached hydrogen (secondary N) is 4. The summed E-state index contributed by atoms with van der Waals surface area (Å²) in [5.74, 6) is 0.245. The van der Waals surface area contributed by atoms with Gasteiger partial charge in [-0.15, -0.1) is 0 Å². The first-order valence-corrected chi connectivity index (χ1v) is 22.9. The van der Waals surface area contributed by atoms with Crippen molar-refractivity contribution in [2.75, 3.05) is 60.8 Å². The number of rotatable bonds is 28. The van der Waals surface area contributed by atoms with Crippen LogP contribution in [0.2, 0.25) is 0 Å². The predicted molar refractivity (Wildman–Crippen MR) is 195 cm³/mol. The average Bonchev–Trinajstić information content (AvgIpc) is 3.04. The highest BCUT2D eigenvalue weighted by Gasteiger charge is 2.22. The summed E-state index contributed by atoms with van der Waals surface area (Å²) in [6.07, 6.45) is 4.12. The van der Waals surface area contributed by atoms with Gasteiger partial charge in [-0.05, 0) is 44.2 Å². The molecule has 0 heterocycles. The molecule has 0 aliphatic carbocycles. The molecule has 0 saturated heterocycles. The van der Waals surface area contributed by atoms with Gasteiger partial charge in [0.15, 0.2) is 12.6 Å². The number of amides is 1. The molecule has 4 N–H and O–H groups in total. The Morgan fingerprint density at radius 2 is 1.25 bits per heavy atom. The second kappa shape index (κ2) is 31.9. The highest BCUT2D eigenvalue weighted by atomic mass is 128. The number of halogens is 2. The predicted octanol–water partition coefficient (Wildman–Crippen LogP) is 6.05. The molecule has 0 spiro atoms. The molecular weight excluding hydrogens is 842 g/mol. The summed E-state index contributed by atoms with van der Waals surface area (Å²) in [4.78, 5) is 34.5. The lowest BCUT2D eigenvalue weighted by atomic mass is 10.1. The van der Waals surface area contributed by atoms with E-state index in [1.165, 1.54) is 28.4 Å². The van der Waals surface area contributed by atoms with Crippen molar-refractivity contribution in [2.24, 2.45) is 0 Å². The van der Waals surface area contributed by atoms with Crippen molar-refractivity contribution in [1.82, 2.24) is 10.6 Å². The molecule has 17 heteroatoms. The Labute approximate surface area is 295 Å². The first-order chi connectivity index (χ1) is 21.2. The molecule has 4 atom stereocenters. The normalized spacial score (nSPS) is 13.9. The molecule has 4 unspecified atom stereocenters. The van der Waals surface area contributed by atoms with Gasteiger partial charge in [0.2, 0.25) is 5.91 Å². The van der Waals surface area contributed by atoms with Gasteiger partial charge in [-0.2, -0.15) is 0 Å². The molecule has 0 aromatic heterocycles. The smallest absolute Gasteiger partial charge is 0.328 e. The molecule has 0 radical (unpaired) electrons. The lowest BCUT2D eigenvalue weighted by Crippen LogP contribution is -2.45. The van der Waals surface area contributed by atoms with E-state index in [4.69, 9.17) is 44.9 Å². The number of esters is 1. The zero-order valence-corrected chi connectivity index (χ0v) is 32.6. The zero-order valence-electron chi connectivity index (χ0n) is 26.7. The molecule has 0 aliphatic rings. The van der Waals surface area contributed by atoms with Crippen molar-refractivity contribution in [3.8, 4) is 0 Å². The van der Waals surface area contributed by atoms with E-state index in [0.29, 0.717) is 55.9 Å². The lowest BCUT2D eigenvalue weighted by molar-refractivity contribution is -0.276. The van der Waals surface area contributed by atoms with Crippen LogP contribution in [0.3, 0.4) is 0 Å². The van der Waals surface area contributed by atoms with Crippen LogP contribution in [0.25, 0.3) is 11.5 Å². The van der Waals surface area contributed by atoms with Gasteiger partial charge in [-0.3, -0.25) is 4.79 Å². The number of hydrogen-bond donors (Lipinski definition) is 2. The number of carbonyl (C=O) groups excluding carboxylic acids is 2. The summed E-state index contributed by atoms with van der Waals surface area (Å²) in [6, 6.07) is -2.39. The maximum absolute atomic E-state index is 12.5. The summed E-state index contributed by atoms with van der Waals surface area (Å²) >= 11 is 4.24. The van der Waals surface area contributed by atoms with Crippen molar-refractivity contribution in [3.63, 3.8) is 0 Å². The second-order valence-corrected chi connectivity index (χ2v) is 12.1. The molecular formula is C27H52I2N4O9S2-2. The Morgan fingerprint density at radius 1 is 0.750 bits per heavy atom. The molecule has 0 fully saturated rings. The summed E-state index contributed by atoms with van der Waals surface area (Å²) in [5, 5.41) is 5.93. The van der Waals surface area contributed by atoms with E-state index in [1.54, 1.807) is 35.8 Å². The van der Waals surface area contributed by atoms with Crippen molar-refractivity contribution in [2.45, 2.75) is 88.1 Å². The number of carbonyl (C=O) groups is 2. The Morgan fingerprint density at radius 3 is 1.73 bits per heavy atom. The van der Waals surface area contributed by atoms with Crippen LogP contribution < -0.4 is 10.6 Å². The minimum atomic E-state index is -1.00. The number of ether oxygens (including phenoxy) is 5. The topological polar surface area (TPSA) is 170 Å². The Hall–Kier alpha value is 0.320. The van der Waals surface area contributed by atoms with Gasteiger partial charge in [-0.1, -0.05) is 53.1 Å². The first-order valence-electron chi connectivity index (χ1n) is 14.1. The summed E-state index contributed by atoms with van der Waals surface area (Å²) in [6.45, 7) is 4.36. The molecule has 0 aromatic rings. The third-order valence-corrected chi connectivity index (χ3v) is 8.83. The molecule has 0 saturated carbocycles. The van der Waals surface area contributed by atoms with E-state index in [1.807, 2.05) is 0 Å². The molecule has 262 valence electrons. The van der Waals surface area contributed by atoms with Crippen LogP contribution in [0.5, 0.6) is 0 Å². The van der Waals surface area contributed by atoms with Crippen molar-refractivity contribution in [3.05, 3.63) is 23.7 Å². The molecule has 1 amide bonds. The largest absolute Gasteiger partial charge is 0.670 e. The fourth-order valence-electron chi connectivity index (χ4n) is 3.81. The zero-order chi connectivity index (χ0) is 33.8. The van der Waals surface area contributed by atoms with Crippen molar-refractivity contribution >= 4 is 70.7 Å². The van der Waals surface area contributed by atoms with E-state index in [-0.39, 0.29) is 18.6 Å². The van der Waals surface area contributed by atoms with Gasteiger partial charge in [0.25, 0.3) is 0 Å². The van der Waals surface area contributed by atoms with E-state index < -0.39 is 30.0 Å². The minimum absolute atomic E-state index is 0.0618. The van der Waals surface area contributed by atoms with Gasteiger partial charge in [0.1, 0.15) is 12.6 Å². The summed E-state index contributed by atoms with van der Waals surface area (Å²) in [7, 11) is 12.2.